The van der Waals surface area contributed by atoms with Crippen molar-refractivity contribution in [2.75, 3.05) is 6.61 Å². The molecule has 0 aliphatic rings. The third kappa shape index (κ3) is 5.13. The molecule has 2 heteroatoms. The summed E-state index contributed by atoms with van der Waals surface area (Å²) in [6.45, 7) is 6.95. The molecule has 0 fully saturated rings. The lowest BCUT2D eigenvalue weighted by Gasteiger charge is -2.16. The Hall–Kier alpha value is -0.340. The van der Waals surface area contributed by atoms with Gasteiger partial charge in [-0.15, -0.1) is 0 Å². The van der Waals surface area contributed by atoms with E-state index in [-0.39, 0.29) is 0 Å². The minimum atomic E-state index is 0.316. The first-order valence-electron chi connectivity index (χ1n) is 6.31. The Morgan fingerprint density at radius 1 is 1.38 bits per heavy atom. The van der Waals surface area contributed by atoms with E-state index in [2.05, 4.69) is 30.7 Å². The highest BCUT2D eigenvalue weighted by atomic mass is 32.1. The Balaban J connectivity index is 2.32. The molecule has 91 valence electrons. The second kappa shape index (κ2) is 8.77. The van der Waals surface area contributed by atoms with Crippen molar-refractivity contribution in [3.63, 3.8) is 0 Å². The van der Waals surface area contributed by atoms with Crippen LogP contribution < -0.4 is 0 Å². The van der Waals surface area contributed by atoms with Crippen molar-refractivity contribution in [1.82, 2.24) is 0 Å². The van der Waals surface area contributed by atoms with Gasteiger partial charge in [-0.1, -0.05) is 39.5 Å². The zero-order chi connectivity index (χ0) is 11.6. The van der Waals surface area contributed by atoms with E-state index in [0.29, 0.717) is 6.10 Å². The molecule has 1 aromatic heterocycles. The fraction of sp³-hybridized carbons (Fsp3) is 0.643. The number of hydrogen-bond acceptors (Lipinski definition) is 2. The fourth-order valence-electron chi connectivity index (χ4n) is 1.70. The third-order valence-electron chi connectivity index (χ3n) is 2.70. The molecule has 0 saturated carbocycles. The number of rotatable bonds is 9. The van der Waals surface area contributed by atoms with Crippen LogP contribution in [0.5, 0.6) is 0 Å². The summed E-state index contributed by atoms with van der Waals surface area (Å²) >= 11 is 1.76. The number of unbranched alkanes of at least 4 members (excludes halogenated alkanes) is 3. The van der Waals surface area contributed by atoms with Crippen molar-refractivity contribution in [3.8, 4) is 0 Å². The predicted octanol–water partition coefficient (Wildman–Crippen LogP) is 5.00. The van der Waals surface area contributed by atoms with Crippen LogP contribution in [-0.4, -0.2) is 6.61 Å². The van der Waals surface area contributed by atoms with Gasteiger partial charge in [0.25, 0.3) is 0 Å². The molecule has 1 radical (unpaired) electrons. The third-order valence-corrected chi connectivity index (χ3v) is 3.40. The van der Waals surface area contributed by atoms with Gasteiger partial charge < -0.3 is 4.74 Å². The monoisotopic (exact) mass is 239 g/mol. The van der Waals surface area contributed by atoms with Crippen LogP contribution in [0, 0.1) is 6.92 Å². The van der Waals surface area contributed by atoms with E-state index in [1.807, 2.05) is 0 Å². The summed E-state index contributed by atoms with van der Waals surface area (Å²) in [5.41, 5.74) is 1.35. The van der Waals surface area contributed by atoms with Gasteiger partial charge in [0.05, 0.1) is 6.10 Å². The first-order valence-corrected chi connectivity index (χ1v) is 7.25. The second-order valence-electron chi connectivity index (χ2n) is 4.12. The van der Waals surface area contributed by atoms with Crippen LogP contribution >= 0.6 is 11.3 Å². The van der Waals surface area contributed by atoms with E-state index in [1.165, 1.54) is 24.8 Å². The molecular formula is C14H23OS. The summed E-state index contributed by atoms with van der Waals surface area (Å²) < 4.78 is 5.97. The number of thiophene rings is 1. The summed E-state index contributed by atoms with van der Waals surface area (Å²) in [6, 6.07) is 2.19. The summed E-state index contributed by atoms with van der Waals surface area (Å²) in [4.78, 5) is 0. The lowest BCUT2D eigenvalue weighted by Crippen LogP contribution is -2.05. The van der Waals surface area contributed by atoms with Crippen LogP contribution in [0.15, 0.2) is 16.8 Å². The highest BCUT2D eigenvalue weighted by Gasteiger charge is 2.11. The molecule has 1 heterocycles. The standard InChI is InChI=1S/C14H23OS/c1-3-5-7-10-15-14(8-6-4-2)13-9-11-16-12-13/h9,11-12,14H,1,3-8,10H2,2H3. The van der Waals surface area contributed by atoms with Crippen molar-refractivity contribution in [2.24, 2.45) is 0 Å². The van der Waals surface area contributed by atoms with Gasteiger partial charge in [-0.05, 0) is 35.2 Å². The Morgan fingerprint density at radius 2 is 2.25 bits per heavy atom. The summed E-state index contributed by atoms with van der Waals surface area (Å²) in [5, 5.41) is 4.34. The maximum atomic E-state index is 5.97. The zero-order valence-electron chi connectivity index (χ0n) is 10.3. The Labute approximate surface area is 104 Å². The molecule has 0 N–H and O–H groups in total. The van der Waals surface area contributed by atoms with Gasteiger partial charge >= 0.3 is 0 Å². The van der Waals surface area contributed by atoms with Crippen molar-refractivity contribution in [3.05, 3.63) is 29.3 Å². The van der Waals surface area contributed by atoms with Gasteiger partial charge in [-0.2, -0.15) is 11.3 Å². The normalized spacial score (nSPS) is 12.9. The molecule has 0 spiro atoms. The largest absolute Gasteiger partial charge is 0.374 e. The van der Waals surface area contributed by atoms with E-state index in [4.69, 9.17) is 4.74 Å². The van der Waals surface area contributed by atoms with Crippen LogP contribution in [-0.2, 0) is 4.74 Å². The average Bonchev–Trinajstić information content (AvgIpc) is 2.82. The van der Waals surface area contributed by atoms with E-state index in [1.54, 1.807) is 11.3 Å². The Kier molecular flexibility index (Phi) is 7.52. The second-order valence-corrected chi connectivity index (χ2v) is 4.90. The van der Waals surface area contributed by atoms with E-state index >= 15 is 0 Å². The van der Waals surface area contributed by atoms with Crippen molar-refractivity contribution in [2.45, 2.75) is 51.6 Å². The van der Waals surface area contributed by atoms with Gasteiger partial charge in [-0.3, -0.25) is 0 Å². The highest BCUT2D eigenvalue weighted by Crippen LogP contribution is 2.25. The molecule has 0 aromatic carbocycles. The van der Waals surface area contributed by atoms with Gasteiger partial charge in [0, 0.05) is 6.61 Å². The van der Waals surface area contributed by atoms with Gasteiger partial charge in [0.1, 0.15) is 0 Å². The minimum Gasteiger partial charge on any atom is -0.374 e. The maximum absolute atomic E-state index is 5.97. The molecule has 0 aliphatic carbocycles. The maximum Gasteiger partial charge on any atom is 0.0832 e. The number of ether oxygens (including phenoxy) is 1. The first-order chi connectivity index (χ1) is 7.88. The molecule has 0 aliphatic heterocycles. The topological polar surface area (TPSA) is 9.23 Å². The van der Waals surface area contributed by atoms with Crippen molar-refractivity contribution < 1.29 is 4.74 Å². The molecule has 1 rings (SSSR count). The lowest BCUT2D eigenvalue weighted by atomic mass is 10.1. The van der Waals surface area contributed by atoms with Gasteiger partial charge in [-0.25, -0.2) is 0 Å². The van der Waals surface area contributed by atoms with Crippen molar-refractivity contribution >= 4 is 11.3 Å². The number of hydrogen-bond donors (Lipinski definition) is 0. The van der Waals surface area contributed by atoms with E-state index in [0.717, 1.165) is 25.9 Å². The van der Waals surface area contributed by atoms with Crippen LogP contribution in [0.2, 0.25) is 0 Å². The minimum absolute atomic E-state index is 0.316. The fourth-order valence-corrected chi connectivity index (χ4v) is 2.40. The molecule has 0 saturated heterocycles. The SMILES string of the molecule is [CH2]CCCCOC(CCCC)c1ccsc1. The van der Waals surface area contributed by atoms with Gasteiger partial charge in [0.15, 0.2) is 0 Å². The highest BCUT2D eigenvalue weighted by molar-refractivity contribution is 7.07. The quantitative estimate of drug-likeness (QED) is 0.551. The lowest BCUT2D eigenvalue weighted by molar-refractivity contribution is 0.0431. The molecule has 16 heavy (non-hydrogen) atoms. The predicted molar refractivity (Wildman–Crippen MR) is 71.7 cm³/mol. The van der Waals surface area contributed by atoms with E-state index < -0.39 is 0 Å². The van der Waals surface area contributed by atoms with Gasteiger partial charge in [0.2, 0.25) is 0 Å². The Bertz CT molecular complexity index is 243. The molecule has 1 atom stereocenters. The van der Waals surface area contributed by atoms with E-state index in [9.17, 15) is 0 Å². The molecule has 1 unspecified atom stereocenters. The average molecular weight is 239 g/mol. The summed E-state index contributed by atoms with van der Waals surface area (Å²) in [6.07, 6.45) is 7.27. The first kappa shape index (κ1) is 13.7. The van der Waals surface area contributed by atoms with Crippen LogP contribution in [0.3, 0.4) is 0 Å². The summed E-state index contributed by atoms with van der Waals surface area (Å²) in [5.74, 6) is 0. The zero-order valence-corrected chi connectivity index (χ0v) is 11.1. The van der Waals surface area contributed by atoms with Crippen molar-refractivity contribution in [1.29, 1.82) is 0 Å². The van der Waals surface area contributed by atoms with Crippen LogP contribution in [0.4, 0.5) is 0 Å². The smallest absolute Gasteiger partial charge is 0.0832 e. The molecular weight excluding hydrogens is 216 g/mol. The molecule has 1 nitrogen and oxygen atoms in total. The molecule has 0 amide bonds. The Morgan fingerprint density at radius 3 is 2.88 bits per heavy atom. The molecule has 0 bridgehead atoms. The van der Waals surface area contributed by atoms with Crippen LogP contribution in [0.1, 0.15) is 57.1 Å². The summed E-state index contributed by atoms with van der Waals surface area (Å²) in [7, 11) is 0. The molecule has 1 aromatic rings. The van der Waals surface area contributed by atoms with Crippen LogP contribution in [0.25, 0.3) is 0 Å².